The van der Waals surface area contributed by atoms with E-state index in [-0.39, 0.29) is 16.1 Å². The first-order valence-electron chi connectivity index (χ1n) is 3.12. The Morgan fingerprint density at radius 2 is 2.00 bits per heavy atom. The summed E-state index contributed by atoms with van der Waals surface area (Å²) in [5, 5.41) is 8.24. The van der Waals surface area contributed by atoms with Gasteiger partial charge in [0.1, 0.15) is 17.7 Å². The first-order chi connectivity index (χ1) is 5.57. The summed E-state index contributed by atoms with van der Waals surface area (Å²) in [6, 6.07) is 2.21. The van der Waals surface area contributed by atoms with Crippen LogP contribution in [-0.4, -0.2) is 0 Å². The maximum absolute atomic E-state index is 12.8. The molecule has 0 radical (unpaired) electrons. The largest absolute Gasteiger partial charge is 0.205 e. The molecule has 62 valence electrons. The molecule has 1 aromatic rings. The highest BCUT2D eigenvalue weighted by Crippen LogP contribution is 2.24. The van der Waals surface area contributed by atoms with Gasteiger partial charge in [-0.3, -0.25) is 0 Å². The van der Waals surface area contributed by atoms with Gasteiger partial charge in [0.05, 0.1) is 10.6 Å². The number of nitriles is 1. The molecule has 0 aliphatic carbocycles. The van der Waals surface area contributed by atoms with E-state index >= 15 is 0 Å². The second-order valence-corrected chi connectivity index (χ2v) is 2.64. The summed E-state index contributed by atoms with van der Waals surface area (Å²) in [5.74, 6) is -1.72. The van der Waals surface area contributed by atoms with Crippen molar-refractivity contribution in [1.82, 2.24) is 0 Å². The van der Waals surface area contributed by atoms with E-state index in [4.69, 9.17) is 16.9 Å². The number of nitrogens with zero attached hydrogens (tertiary/aromatic N) is 1. The first-order valence-corrected chi connectivity index (χ1v) is 3.50. The Balaban J connectivity index is 3.54. The molecule has 12 heavy (non-hydrogen) atoms. The third-order valence-corrected chi connectivity index (χ3v) is 1.98. The van der Waals surface area contributed by atoms with Crippen LogP contribution in [0.2, 0.25) is 5.02 Å². The van der Waals surface area contributed by atoms with Crippen LogP contribution in [0.25, 0.3) is 0 Å². The molecule has 0 amide bonds. The van der Waals surface area contributed by atoms with Gasteiger partial charge in [0.2, 0.25) is 0 Å². The fourth-order valence-electron chi connectivity index (χ4n) is 0.852. The zero-order chi connectivity index (χ0) is 9.30. The second kappa shape index (κ2) is 3.08. The molecule has 1 rings (SSSR count). The van der Waals surface area contributed by atoms with Crippen LogP contribution >= 0.6 is 11.6 Å². The Bertz CT molecular complexity index is 368. The first kappa shape index (κ1) is 8.95. The van der Waals surface area contributed by atoms with E-state index in [1.54, 1.807) is 6.07 Å². The fraction of sp³-hybridized carbons (Fsp3) is 0.125. The van der Waals surface area contributed by atoms with Gasteiger partial charge in [0, 0.05) is 6.07 Å². The van der Waals surface area contributed by atoms with Crippen LogP contribution in [0, 0.1) is 29.9 Å². The Hall–Kier alpha value is -1.14. The molecule has 0 aliphatic rings. The lowest BCUT2D eigenvalue weighted by Gasteiger charge is -2.02. The number of hydrogen-bond donors (Lipinski definition) is 0. The predicted octanol–water partition coefficient (Wildman–Crippen LogP) is 2.80. The van der Waals surface area contributed by atoms with Gasteiger partial charge in [-0.2, -0.15) is 5.26 Å². The average Bonchev–Trinajstić information content (AvgIpc) is 2.01. The summed E-state index contributed by atoms with van der Waals surface area (Å²) in [4.78, 5) is 0. The number of hydrogen-bond acceptors (Lipinski definition) is 1. The van der Waals surface area contributed by atoms with Crippen LogP contribution in [0.15, 0.2) is 6.07 Å². The molecule has 1 nitrogen and oxygen atoms in total. The van der Waals surface area contributed by atoms with Crippen molar-refractivity contribution in [3.05, 3.63) is 33.9 Å². The number of halogens is 3. The lowest BCUT2D eigenvalue weighted by atomic mass is 10.1. The van der Waals surface area contributed by atoms with E-state index in [1.165, 1.54) is 6.92 Å². The Morgan fingerprint density at radius 1 is 1.42 bits per heavy atom. The molecule has 0 saturated carbocycles. The van der Waals surface area contributed by atoms with Gasteiger partial charge < -0.3 is 0 Å². The molecule has 0 aromatic heterocycles. The number of benzene rings is 1. The topological polar surface area (TPSA) is 23.8 Å². The van der Waals surface area contributed by atoms with Gasteiger partial charge in [-0.15, -0.1) is 0 Å². The average molecular weight is 188 g/mol. The normalized spacial score (nSPS) is 9.58. The molecule has 0 bridgehead atoms. The third-order valence-electron chi connectivity index (χ3n) is 1.52. The van der Waals surface area contributed by atoms with Crippen LogP contribution in [-0.2, 0) is 0 Å². The lowest BCUT2D eigenvalue weighted by molar-refractivity contribution is 0.579. The van der Waals surface area contributed by atoms with Gasteiger partial charge in [-0.1, -0.05) is 11.6 Å². The molecule has 4 heteroatoms. The summed E-state index contributed by atoms with van der Waals surface area (Å²) in [7, 11) is 0. The highest BCUT2D eigenvalue weighted by Gasteiger charge is 2.12. The molecule has 0 atom stereocenters. The van der Waals surface area contributed by atoms with Crippen molar-refractivity contribution in [3.8, 4) is 6.07 Å². The Morgan fingerprint density at radius 3 is 2.50 bits per heavy atom. The molecule has 0 heterocycles. The van der Waals surface area contributed by atoms with Crippen molar-refractivity contribution >= 4 is 11.6 Å². The van der Waals surface area contributed by atoms with Gasteiger partial charge in [-0.05, 0) is 12.5 Å². The zero-order valence-electron chi connectivity index (χ0n) is 6.16. The van der Waals surface area contributed by atoms with E-state index in [0.29, 0.717) is 6.07 Å². The quantitative estimate of drug-likeness (QED) is 0.573. The third kappa shape index (κ3) is 1.26. The molecule has 1 aromatic carbocycles. The molecule has 0 fully saturated rings. The van der Waals surface area contributed by atoms with E-state index in [0.717, 1.165) is 0 Å². The van der Waals surface area contributed by atoms with Gasteiger partial charge in [0.15, 0.2) is 0 Å². The summed E-state index contributed by atoms with van der Waals surface area (Å²) in [5.41, 5.74) is -0.0712. The standard InChI is InChI=1S/C8H4ClF2N/c1-4-5(3-12)6(10)2-7(11)8(4)9/h2H,1H3. The van der Waals surface area contributed by atoms with Crippen LogP contribution < -0.4 is 0 Å². The minimum atomic E-state index is -0.878. The molecule has 0 N–H and O–H groups in total. The maximum atomic E-state index is 12.8. The highest BCUT2D eigenvalue weighted by atomic mass is 35.5. The van der Waals surface area contributed by atoms with Crippen molar-refractivity contribution in [2.75, 3.05) is 0 Å². The Labute approximate surface area is 73.2 Å². The predicted molar refractivity (Wildman–Crippen MR) is 40.8 cm³/mol. The SMILES string of the molecule is Cc1c(Cl)c(F)cc(F)c1C#N. The minimum absolute atomic E-state index is 0.136. The lowest BCUT2D eigenvalue weighted by Crippen LogP contribution is -1.93. The molecule has 0 unspecified atom stereocenters. The zero-order valence-corrected chi connectivity index (χ0v) is 6.91. The van der Waals surface area contributed by atoms with Crippen LogP contribution in [0.3, 0.4) is 0 Å². The van der Waals surface area contributed by atoms with E-state index in [1.807, 2.05) is 0 Å². The summed E-state index contributed by atoms with van der Waals surface area (Å²) < 4.78 is 25.4. The maximum Gasteiger partial charge on any atom is 0.145 e. The monoisotopic (exact) mass is 187 g/mol. The van der Waals surface area contributed by atoms with Crippen molar-refractivity contribution < 1.29 is 8.78 Å². The molecular weight excluding hydrogens is 184 g/mol. The van der Waals surface area contributed by atoms with Crippen molar-refractivity contribution in [2.24, 2.45) is 0 Å². The van der Waals surface area contributed by atoms with E-state index < -0.39 is 11.6 Å². The van der Waals surface area contributed by atoms with Crippen LogP contribution in [0.4, 0.5) is 8.78 Å². The van der Waals surface area contributed by atoms with E-state index in [9.17, 15) is 8.78 Å². The van der Waals surface area contributed by atoms with Gasteiger partial charge in [-0.25, -0.2) is 8.78 Å². The summed E-state index contributed by atoms with van der Waals surface area (Å²) >= 11 is 5.44. The molecule has 0 saturated heterocycles. The van der Waals surface area contributed by atoms with Crippen LogP contribution in [0.5, 0.6) is 0 Å². The minimum Gasteiger partial charge on any atom is -0.205 e. The second-order valence-electron chi connectivity index (χ2n) is 2.27. The van der Waals surface area contributed by atoms with Crippen molar-refractivity contribution in [2.45, 2.75) is 6.92 Å². The van der Waals surface area contributed by atoms with Gasteiger partial charge in [0.25, 0.3) is 0 Å². The van der Waals surface area contributed by atoms with E-state index in [2.05, 4.69) is 0 Å². The van der Waals surface area contributed by atoms with Crippen LogP contribution in [0.1, 0.15) is 11.1 Å². The Kier molecular flexibility index (Phi) is 2.30. The van der Waals surface area contributed by atoms with Crippen molar-refractivity contribution in [1.29, 1.82) is 5.26 Å². The fourth-order valence-corrected chi connectivity index (χ4v) is 1.00. The summed E-state index contributed by atoms with van der Waals surface area (Å²) in [6.07, 6.45) is 0. The summed E-state index contributed by atoms with van der Waals surface area (Å²) in [6.45, 7) is 1.40. The number of rotatable bonds is 0. The van der Waals surface area contributed by atoms with Gasteiger partial charge >= 0.3 is 0 Å². The molecular formula is C8H4ClF2N. The molecule has 0 spiro atoms. The van der Waals surface area contributed by atoms with Crippen molar-refractivity contribution in [3.63, 3.8) is 0 Å². The highest BCUT2D eigenvalue weighted by molar-refractivity contribution is 6.31. The smallest absolute Gasteiger partial charge is 0.145 e. The molecule has 0 aliphatic heterocycles.